The third-order valence-electron chi connectivity index (χ3n) is 4.40. The van der Waals surface area contributed by atoms with Crippen LogP contribution in [-0.2, 0) is 4.79 Å². The fourth-order valence-electron chi connectivity index (χ4n) is 3.02. The molecule has 0 fully saturated rings. The minimum Gasteiger partial charge on any atom is -0.356 e. The van der Waals surface area contributed by atoms with Crippen molar-refractivity contribution < 1.29 is 4.79 Å². The van der Waals surface area contributed by atoms with E-state index in [9.17, 15) is 4.79 Å². The standard InChI is InChI=1S/C18H27NO/c1-18(2,16-10-6-7-11-16)14-17(20)19-13-12-15-8-4-3-5-9-15/h6-8,10H,3-5,9,11-14H2,1-2H3,(H,19,20). The summed E-state index contributed by atoms with van der Waals surface area (Å²) in [6.45, 7) is 5.11. The molecule has 2 aliphatic carbocycles. The maximum Gasteiger partial charge on any atom is 0.220 e. The predicted octanol–water partition coefficient (Wildman–Crippen LogP) is 4.30. The molecule has 1 N–H and O–H groups in total. The summed E-state index contributed by atoms with van der Waals surface area (Å²) < 4.78 is 0. The fourth-order valence-corrected chi connectivity index (χ4v) is 3.02. The first-order valence-electron chi connectivity index (χ1n) is 7.89. The Morgan fingerprint density at radius 1 is 1.35 bits per heavy atom. The van der Waals surface area contributed by atoms with Crippen LogP contribution in [0.4, 0.5) is 0 Å². The van der Waals surface area contributed by atoms with Crippen molar-refractivity contribution in [1.29, 1.82) is 0 Å². The van der Waals surface area contributed by atoms with Crippen molar-refractivity contribution in [2.24, 2.45) is 5.41 Å². The minimum atomic E-state index is -0.0301. The number of hydrogen-bond acceptors (Lipinski definition) is 1. The molecule has 2 heteroatoms. The maximum atomic E-state index is 12.1. The molecule has 0 aromatic rings. The van der Waals surface area contributed by atoms with Gasteiger partial charge in [-0.3, -0.25) is 4.79 Å². The Bertz CT molecular complexity index is 440. The van der Waals surface area contributed by atoms with Gasteiger partial charge in [-0.25, -0.2) is 0 Å². The molecule has 110 valence electrons. The SMILES string of the molecule is CC(C)(CC(=O)NCCC1=CCCCC1)C1=CC=CC1. The van der Waals surface area contributed by atoms with Crippen LogP contribution in [-0.4, -0.2) is 12.5 Å². The lowest BCUT2D eigenvalue weighted by Gasteiger charge is -2.26. The quantitative estimate of drug-likeness (QED) is 0.718. The van der Waals surface area contributed by atoms with E-state index in [2.05, 4.69) is 43.5 Å². The van der Waals surface area contributed by atoms with E-state index in [0.29, 0.717) is 6.42 Å². The summed E-state index contributed by atoms with van der Waals surface area (Å²) in [6.07, 6.45) is 16.4. The van der Waals surface area contributed by atoms with E-state index in [1.807, 2.05) is 0 Å². The number of carbonyl (C=O) groups is 1. The molecule has 0 aliphatic heterocycles. The van der Waals surface area contributed by atoms with Gasteiger partial charge in [-0.2, -0.15) is 0 Å². The van der Waals surface area contributed by atoms with Crippen LogP contribution < -0.4 is 5.32 Å². The Kier molecular flexibility index (Phi) is 5.22. The number of allylic oxidation sites excluding steroid dienone is 5. The van der Waals surface area contributed by atoms with Crippen molar-refractivity contribution in [3.63, 3.8) is 0 Å². The van der Waals surface area contributed by atoms with E-state index >= 15 is 0 Å². The molecule has 0 saturated heterocycles. The van der Waals surface area contributed by atoms with Crippen molar-refractivity contribution in [1.82, 2.24) is 5.32 Å². The first-order valence-corrected chi connectivity index (χ1v) is 7.89. The molecule has 20 heavy (non-hydrogen) atoms. The van der Waals surface area contributed by atoms with Crippen LogP contribution in [0.2, 0.25) is 0 Å². The van der Waals surface area contributed by atoms with Gasteiger partial charge in [0.2, 0.25) is 5.91 Å². The lowest BCUT2D eigenvalue weighted by atomic mass is 9.80. The molecule has 2 aliphatic rings. The van der Waals surface area contributed by atoms with Gasteiger partial charge in [0.05, 0.1) is 0 Å². The summed E-state index contributed by atoms with van der Waals surface area (Å²) in [5.41, 5.74) is 2.86. The Morgan fingerprint density at radius 2 is 2.20 bits per heavy atom. The number of hydrogen-bond donors (Lipinski definition) is 1. The van der Waals surface area contributed by atoms with Gasteiger partial charge in [0.15, 0.2) is 0 Å². The van der Waals surface area contributed by atoms with Crippen LogP contribution in [0.3, 0.4) is 0 Å². The Balaban J connectivity index is 1.71. The zero-order valence-corrected chi connectivity index (χ0v) is 12.9. The summed E-state index contributed by atoms with van der Waals surface area (Å²) >= 11 is 0. The smallest absolute Gasteiger partial charge is 0.220 e. The molecular formula is C18H27NO. The molecule has 0 atom stereocenters. The average molecular weight is 273 g/mol. The van der Waals surface area contributed by atoms with E-state index in [-0.39, 0.29) is 11.3 Å². The second kappa shape index (κ2) is 6.92. The summed E-state index contributed by atoms with van der Waals surface area (Å²) in [6, 6.07) is 0. The van der Waals surface area contributed by atoms with E-state index in [4.69, 9.17) is 0 Å². The van der Waals surface area contributed by atoms with Gasteiger partial charge >= 0.3 is 0 Å². The normalized spacial score (nSPS) is 18.7. The molecule has 0 radical (unpaired) electrons. The Morgan fingerprint density at radius 3 is 2.85 bits per heavy atom. The topological polar surface area (TPSA) is 29.1 Å². The molecule has 2 nitrogen and oxygen atoms in total. The van der Waals surface area contributed by atoms with Crippen molar-refractivity contribution in [3.8, 4) is 0 Å². The van der Waals surface area contributed by atoms with E-state index in [0.717, 1.165) is 19.4 Å². The highest BCUT2D eigenvalue weighted by Gasteiger charge is 2.26. The van der Waals surface area contributed by atoms with Crippen LogP contribution in [0.5, 0.6) is 0 Å². The molecule has 0 unspecified atom stereocenters. The molecule has 0 aromatic carbocycles. The molecule has 0 saturated carbocycles. The van der Waals surface area contributed by atoms with E-state index in [1.54, 1.807) is 0 Å². The second-order valence-corrected chi connectivity index (χ2v) is 6.59. The fraction of sp³-hybridized carbons (Fsp3) is 0.611. The summed E-state index contributed by atoms with van der Waals surface area (Å²) in [7, 11) is 0. The van der Waals surface area contributed by atoms with Gasteiger partial charge in [-0.1, -0.05) is 49.3 Å². The van der Waals surface area contributed by atoms with E-state index in [1.165, 1.54) is 36.8 Å². The van der Waals surface area contributed by atoms with Gasteiger partial charge in [-0.15, -0.1) is 0 Å². The lowest BCUT2D eigenvalue weighted by Crippen LogP contribution is -2.30. The number of carbonyl (C=O) groups excluding carboxylic acids is 1. The van der Waals surface area contributed by atoms with Crippen molar-refractivity contribution in [2.75, 3.05) is 6.54 Å². The number of nitrogens with one attached hydrogen (secondary N) is 1. The molecule has 0 bridgehead atoms. The third-order valence-corrected chi connectivity index (χ3v) is 4.40. The number of amides is 1. The van der Waals surface area contributed by atoms with Crippen LogP contribution in [0.15, 0.2) is 35.5 Å². The summed E-state index contributed by atoms with van der Waals surface area (Å²) in [4.78, 5) is 12.1. The van der Waals surface area contributed by atoms with Crippen LogP contribution >= 0.6 is 0 Å². The van der Waals surface area contributed by atoms with E-state index < -0.39 is 0 Å². The molecular weight excluding hydrogens is 246 g/mol. The van der Waals surface area contributed by atoms with Gasteiger partial charge in [0, 0.05) is 13.0 Å². The van der Waals surface area contributed by atoms with Crippen molar-refractivity contribution in [2.45, 2.75) is 58.8 Å². The third kappa shape index (κ3) is 4.36. The minimum absolute atomic E-state index is 0.0301. The van der Waals surface area contributed by atoms with Crippen LogP contribution in [0, 0.1) is 5.41 Å². The highest BCUT2D eigenvalue weighted by atomic mass is 16.1. The second-order valence-electron chi connectivity index (χ2n) is 6.59. The van der Waals surface area contributed by atoms with Gasteiger partial charge < -0.3 is 5.32 Å². The predicted molar refractivity (Wildman–Crippen MR) is 84.4 cm³/mol. The Labute approximate surface area is 123 Å². The molecule has 1 amide bonds. The van der Waals surface area contributed by atoms with Crippen molar-refractivity contribution >= 4 is 5.91 Å². The molecule has 0 heterocycles. The lowest BCUT2D eigenvalue weighted by molar-refractivity contribution is -0.122. The summed E-state index contributed by atoms with van der Waals surface area (Å²) in [5.74, 6) is 0.180. The number of rotatable bonds is 6. The van der Waals surface area contributed by atoms with Gasteiger partial charge in [0.25, 0.3) is 0 Å². The Hall–Kier alpha value is -1.31. The summed E-state index contributed by atoms with van der Waals surface area (Å²) in [5, 5.41) is 3.08. The van der Waals surface area contributed by atoms with Gasteiger partial charge in [0.1, 0.15) is 0 Å². The van der Waals surface area contributed by atoms with Gasteiger partial charge in [-0.05, 0) is 43.9 Å². The average Bonchev–Trinajstić information content (AvgIpc) is 2.94. The van der Waals surface area contributed by atoms with Crippen LogP contribution in [0.1, 0.15) is 58.8 Å². The highest BCUT2D eigenvalue weighted by Crippen LogP contribution is 2.34. The zero-order valence-electron chi connectivity index (χ0n) is 12.9. The highest BCUT2D eigenvalue weighted by molar-refractivity contribution is 5.77. The first kappa shape index (κ1) is 15.1. The maximum absolute atomic E-state index is 12.1. The molecule has 0 spiro atoms. The largest absolute Gasteiger partial charge is 0.356 e. The van der Waals surface area contributed by atoms with Crippen molar-refractivity contribution in [3.05, 3.63) is 35.5 Å². The first-order chi connectivity index (χ1) is 9.58. The molecule has 0 aromatic heterocycles. The monoisotopic (exact) mass is 273 g/mol. The zero-order chi connectivity index (χ0) is 14.4. The van der Waals surface area contributed by atoms with Crippen LogP contribution in [0.25, 0.3) is 0 Å². The molecule has 2 rings (SSSR count).